The van der Waals surface area contributed by atoms with Gasteiger partial charge in [0, 0.05) is 0 Å². The van der Waals surface area contributed by atoms with Gasteiger partial charge in [-0.15, -0.1) is 0 Å². The zero-order valence-electron chi connectivity index (χ0n) is 7.43. The van der Waals surface area contributed by atoms with Crippen molar-refractivity contribution in [3.63, 3.8) is 0 Å². The van der Waals surface area contributed by atoms with E-state index in [1.807, 2.05) is 13.8 Å². The Morgan fingerprint density at radius 1 is 1.20 bits per heavy atom. The minimum Gasteiger partial charge on any atom is -0.393 e. The summed E-state index contributed by atoms with van der Waals surface area (Å²) in [6.07, 6.45) is 4.61. The second kappa shape index (κ2) is 5.72. The highest BCUT2D eigenvalue weighted by atomic mass is 16.3. The lowest BCUT2D eigenvalue weighted by Crippen LogP contribution is -2.16. The van der Waals surface area contributed by atoms with Crippen LogP contribution in [0.5, 0.6) is 0 Å². The predicted molar refractivity (Wildman–Crippen MR) is 45.0 cm³/mol. The van der Waals surface area contributed by atoms with E-state index in [1.54, 1.807) is 0 Å². The van der Waals surface area contributed by atoms with E-state index in [4.69, 9.17) is 5.11 Å². The van der Waals surface area contributed by atoms with Gasteiger partial charge in [0.15, 0.2) is 0 Å². The van der Waals surface area contributed by atoms with Gasteiger partial charge in [-0.1, -0.05) is 33.6 Å². The molecule has 1 nitrogen and oxygen atoms in total. The van der Waals surface area contributed by atoms with Gasteiger partial charge in [-0.3, -0.25) is 0 Å². The molecule has 1 rings (SSSR count). The molecule has 0 spiro atoms. The average Bonchev–Trinajstić information content (AvgIpc) is 1.91. The van der Waals surface area contributed by atoms with Crippen LogP contribution in [-0.2, 0) is 0 Å². The second-order valence-electron chi connectivity index (χ2n) is 2.93. The monoisotopic (exact) mass is 144 g/mol. The molecule has 62 valence electrons. The maximum atomic E-state index is 9.08. The van der Waals surface area contributed by atoms with E-state index in [1.165, 1.54) is 12.8 Å². The SMILES string of the molecule is CC.CC1CCC[C@@H](O)C1. The van der Waals surface area contributed by atoms with Crippen LogP contribution in [0.4, 0.5) is 0 Å². The normalized spacial score (nSPS) is 32.4. The van der Waals surface area contributed by atoms with Crippen molar-refractivity contribution in [3.8, 4) is 0 Å². The molecular formula is C9H20O. The van der Waals surface area contributed by atoms with E-state index < -0.39 is 0 Å². The fourth-order valence-corrected chi connectivity index (χ4v) is 1.40. The summed E-state index contributed by atoms with van der Waals surface area (Å²) in [5.74, 6) is 0.763. The Morgan fingerprint density at radius 3 is 2.10 bits per heavy atom. The topological polar surface area (TPSA) is 20.2 Å². The Labute approximate surface area is 64.5 Å². The van der Waals surface area contributed by atoms with Gasteiger partial charge in [0.05, 0.1) is 6.10 Å². The first kappa shape index (κ1) is 9.96. The molecule has 0 aliphatic heterocycles. The van der Waals surface area contributed by atoms with Gasteiger partial charge in [-0.25, -0.2) is 0 Å². The first-order valence-electron chi connectivity index (χ1n) is 4.47. The Morgan fingerprint density at radius 2 is 1.80 bits per heavy atom. The van der Waals surface area contributed by atoms with Crippen LogP contribution in [0.1, 0.15) is 46.5 Å². The smallest absolute Gasteiger partial charge is 0.0542 e. The average molecular weight is 144 g/mol. The third-order valence-corrected chi connectivity index (χ3v) is 1.91. The molecule has 0 heterocycles. The first-order chi connectivity index (χ1) is 4.79. The number of aliphatic hydroxyl groups is 1. The van der Waals surface area contributed by atoms with Crippen LogP contribution >= 0.6 is 0 Å². The van der Waals surface area contributed by atoms with Crippen molar-refractivity contribution in [1.29, 1.82) is 0 Å². The van der Waals surface area contributed by atoms with Gasteiger partial charge in [0.1, 0.15) is 0 Å². The van der Waals surface area contributed by atoms with Crippen molar-refractivity contribution in [1.82, 2.24) is 0 Å². The summed E-state index contributed by atoms with van der Waals surface area (Å²) in [7, 11) is 0. The fraction of sp³-hybridized carbons (Fsp3) is 1.00. The van der Waals surface area contributed by atoms with Gasteiger partial charge in [-0.2, -0.15) is 0 Å². The zero-order chi connectivity index (χ0) is 7.98. The minimum atomic E-state index is 0.0127. The highest BCUT2D eigenvalue weighted by molar-refractivity contribution is 4.67. The third kappa shape index (κ3) is 3.89. The van der Waals surface area contributed by atoms with Crippen LogP contribution < -0.4 is 0 Å². The van der Waals surface area contributed by atoms with Crippen LogP contribution in [0.3, 0.4) is 0 Å². The summed E-state index contributed by atoms with van der Waals surface area (Å²) in [6, 6.07) is 0. The van der Waals surface area contributed by atoms with Crippen LogP contribution in [0.25, 0.3) is 0 Å². The molecule has 0 radical (unpaired) electrons. The van der Waals surface area contributed by atoms with Crippen molar-refractivity contribution in [2.45, 2.75) is 52.6 Å². The largest absolute Gasteiger partial charge is 0.393 e. The Kier molecular flexibility index (Phi) is 5.70. The van der Waals surface area contributed by atoms with Gasteiger partial charge >= 0.3 is 0 Å². The lowest BCUT2D eigenvalue weighted by molar-refractivity contribution is 0.106. The van der Waals surface area contributed by atoms with Crippen molar-refractivity contribution in [3.05, 3.63) is 0 Å². The Balaban J connectivity index is 0.000000371. The Bertz CT molecular complexity index is 63.1. The lowest BCUT2D eigenvalue weighted by Gasteiger charge is -2.21. The molecule has 0 aromatic carbocycles. The molecule has 1 unspecified atom stereocenters. The van der Waals surface area contributed by atoms with Crippen LogP contribution in [0, 0.1) is 5.92 Å². The first-order valence-corrected chi connectivity index (χ1v) is 4.47. The maximum absolute atomic E-state index is 9.08. The van der Waals surface area contributed by atoms with E-state index in [0.717, 1.165) is 18.8 Å². The van der Waals surface area contributed by atoms with E-state index in [9.17, 15) is 0 Å². The molecule has 0 aromatic heterocycles. The molecule has 1 heteroatoms. The molecule has 2 atom stereocenters. The number of aliphatic hydroxyl groups excluding tert-OH is 1. The lowest BCUT2D eigenvalue weighted by atomic mass is 9.89. The van der Waals surface area contributed by atoms with Crippen LogP contribution in [0.15, 0.2) is 0 Å². The summed E-state index contributed by atoms with van der Waals surface area (Å²) >= 11 is 0. The van der Waals surface area contributed by atoms with E-state index in [2.05, 4.69) is 6.92 Å². The molecule has 1 N–H and O–H groups in total. The maximum Gasteiger partial charge on any atom is 0.0542 e. The number of rotatable bonds is 0. The van der Waals surface area contributed by atoms with Crippen molar-refractivity contribution in [2.75, 3.05) is 0 Å². The summed E-state index contributed by atoms with van der Waals surface area (Å²) in [5.41, 5.74) is 0. The molecule has 0 saturated heterocycles. The van der Waals surface area contributed by atoms with Gasteiger partial charge < -0.3 is 5.11 Å². The second-order valence-corrected chi connectivity index (χ2v) is 2.93. The predicted octanol–water partition coefficient (Wildman–Crippen LogP) is 2.58. The molecule has 1 saturated carbocycles. The highest BCUT2D eigenvalue weighted by Gasteiger charge is 2.15. The van der Waals surface area contributed by atoms with Gasteiger partial charge in [0.2, 0.25) is 0 Å². The molecule has 0 aromatic rings. The molecule has 1 aliphatic rings. The Hall–Kier alpha value is -0.0400. The van der Waals surface area contributed by atoms with Crippen molar-refractivity contribution in [2.24, 2.45) is 5.92 Å². The molecular weight excluding hydrogens is 124 g/mol. The van der Waals surface area contributed by atoms with Gasteiger partial charge in [0.25, 0.3) is 0 Å². The molecule has 1 aliphatic carbocycles. The van der Waals surface area contributed by atoms with E-state index in [0.29, 0.717) is 0 Å². The highest BCUT2D eigenvalue weighted by Crippen LogP contribution is 2.22. The van der Waals surface area contributed by atoms with Crippen LogP contribution in [0.2, 0.25) is 0 Å². The van der Waals surface area contributed by atoms with E-state index in [-0.39, 0.29) is 6.10 Å². The summed E-state index contributed by atoms with van der Waals surface area (Å²) in [5, 5.41) is 9.08. The number of hydrogen-bond acceptors (Lipinski definition) is 1. The molecule has 0 amide bonds. The molecule has 1 fully saturated rings. The molecule has 10 heavy (non-hydrogen) atoms. The van der Waals surface area contributed by atoms with Crippen molar-refractivity contribution < 1.29 is 5.11 Å². The number of hydrogen-bond donors (Lipinski definition) is 1. The van der Waals surface area contributed by atoms with Crippen molar-refractivity contribution >= 4 is 0 Å². The summed E-state index contributed by atoms with van der Waals surface area (Å²) in [4.78, 5) is 0. The van der Waals surface area contributed by atoms with Gasteiger partial charge in [-0.05, 0) is 18.8 Å². The summed E-state index contributed by atoms with van der Waals surface area (Å²) in [6.45, 7) is 6.21. The fourth-order valence-electron chi connectivity index (χ4n) is 1.40. The zero-order valence-corrected chi connectivity index (χ0v) is 7.43. The third-order valence-electron chi connectivity index (χ3n) is 1.91. The quantitative estimate of drug-likeness (QED) is 0.554. The van der Waals surface area contributed by atoms with Crippen LogP contribution in [-0.4, -0.2) is 11.2 Å². The van der Waals surface area contributed by atoms with E-state index >= 15 is 0 Å². The molecule has 0 bridgehead atoms. The standard InChI is InChI=1S/C7H14O.C2H6/c1-6-3-2-4-7(8)5-6;1-2/h6-8H,2-5H2,1H3;1-2H3/t6?,7-;/m1./s1. The summed E-state index contributed by atoms with van der Waals surface area (Å²) < 4.78 is 0. The minimum absolute atomic E-state index is 0.0127.